The zero-order chi connectivity index (χ0) is 63.6. The van der Waals surface area contributed by atoms with Crippen molar-refractivity contribution in [3.05, 3.63) is 120 Å². The lowest BCUT2D eigenvalue weighted by atomic mass is 10.0. The number of nitrogens with zero attached hydrogens (tertiary/aromatic N) is 7. The molecule has 0 saturated carbocycles. The SMILES string of the molecule is COc1cc(C)c(N=CC2CC(c3ccc(N4CCN(C)CC4)cc3)=CN2C=O)cc1OCCCCCOc1cc(N=CC2CC(c3cccc(NC(=O)[C@H](C)NC(=O)C(NC(=O)CCCCCN4C(=O)C=CC4=O)C(C)C)c3)=CN2C=O)c(C)cc1OC. The molecule has 0 aromatic heterocycles. The summed E-state index contributed by atoms with van der Waals surface area (Å²) in [5, 5.41) is 8.41. The van der Waals surface area contributed by atoms with Gasteiger partial charge in [-0.05, 0) is 136 Å². The van der Waals surface area contributed by atoms with E-state index in [1.54, 1.807) is 75.4 Å². The Hall–Kier alpha value is -9.11. The summed E-state index contributed by atoms with van der Waals surface area (Å²) in [5.74, 6) is 0.0886. The van der Waals surface area contributed by atoms with Gasteiger partial charge in [-0.2, -0.15) is 0 Å². The first-order valence-corrected chi connectivity index (χ1v) is 30.6. The third kappa shape index (κ3) is 17.8. The lowest BCUT2D eigenvalue weighted by Gasteiger charge is -2.34. The molecule has 1 saturated heterocycles. The molecule has 472 valence electrons. The highest BCUT2D eigenvalue weighted by atomic mass is 16.5. The van der Waals surface area contributed by atoms with Crippen LogP contribution < -0.4 is 39.8 Å². The summed E-state index contributed by atoms with van der Waals surface area (Å²) >= 11 is 0. The van der Waals surface area contributed by atoms with Crippen molar-refractivity contribution in [2.45, 2.75) is 117 Å². The van der Waals surface area contributed by atoms with Crippen LogP contribution in [0.5, 0.6) is 23.0 Å². The van der Waals surface area contributed by atoms with Crippen molar-refractivity contribution in [3.8, 4) is 23.0 Å². The molecule has 4 aromatic carbocycles. The Bertz CT molecular complexity index is 3330. The van der Waals surface area contributed by atoms with Gasteiger partial charge in [-0.25, -0.2) is 0 Å². The summed E-state index contributed by atoms with van der Waals surface area (Å²) in [5.41, 5.74) is 8.66. The maximum absolute atomic E-state index is 13.4. The highest BCUT2D eigenvalue weighted by molar-refractivity contribution is 6.12. The van der Waals surface area contributed by atoms with Crippen molar-refractivity contribution < 1.29 is 52.5 Å². The molecule has 4 aromatic rings. The minimum Gasteiger partial charge on any atom is -0.493 e. The number of hydrogen-bond donors (Lipinski definition) is 3. The van der Waals surface area contributed by atoms with E-state index in [9.17, 15) is 33.6 Å². The van der Waals surface area contributed by atoms with Crippen LogP contribution in [0.15, 0.2) is 107 Å². The minimum atomic E-state index is -0.944. The lowest BCUT2D eigenvalue weighted by Crippen LogP contribution is -2.53. The normalized spacial score (nSPS) is 17.5. The number of carbonyl (C=O) groups is 7. The number of benzene rings is 4. The van der Waals surface area contributed by atoms with E-state index in [2.05, 4.69) is 57.1 Å². The molecule has 0 bridgehead atoms. The molecular weight excluding hydrogens is 1130 g/mol. The van der Waals surface area contributed by atoms with Gasteiger partial charge in [0.1, 0.15) is 12.1 Å². The van der Waals surface area contributed by atoms with Crippen LogP contribution in [0.25, 0.3) is 11.1 Å². The number of aryl methyl sites for hydroxylation is 2. The van der Waals surface area contributed by atoms with Crippen LogP contribution in [-0.4, -0.2) is 166 Å². The summed E-state index contributed by atoms with van der Waals surface area (Å²) in [4.78, 5) is 107. The van der Waals surface area contributed by atoms with Crippen molar-refractivity contribution in [1.82, 2.24) is 30.2 Å². The standard InChI is InChI=1S/C68H84N10O11/c1-45(2)66(73-63(81)18-11-9-12-25-78-64(82)23-24-65(78)83)68(85)71-48(5)67(84)72-53-17-15-16-50(34-53)52-36-56(77(42-52)44-80)40-70-58-38-62(60(87-8)33-47(58)4)89-31-14-10-13-30-88-61-37-57(46(3)32-59(61)86-7)69-39-55-35-51(41-76(55)43-79)49-19-21-54(22-20-49)75-28-26-74(6)27-29-75/h15-17,19-24,32-34,37-45,48,55-56,66H,9-14,18,25-31,35-36H2,1-8H3,(H,71,85)(H,72,84)(H,73,81)/t48-,55?,56?,66?/m0/s1. The predicted octanol–water partition coefficient (Wildman–Crippen LogP) is 8.72. The van der Waals surface area contributed by atoms with Gasteiger partial charge in [0.05, 0.1) is 50.9 Å². The number of nitrogens with one attached hydrogen (secondary N) is 3. The Balaban J connectivity index is 0.773. The number of hydrogen-bond acceptors (Lipinski definition) is 15. The fourth-order valence-corrected chi connectivity index (χ4v) is 10.9. The summed E-state index contributed by atoms with van der Waals surface area (Å²) in [6.07, 6.45) is 16.6. The van der Waals surface area contributed by atoms with E-state index in [4.69, 9.17) is 28.9 Å². The van der Waals surface area contributed by atoms with E-state index in [0.29, 0.717) is 79.7 Å². The van der Waals surface area contributed by atoms with Crippen molar-refractivity contribution in [1.29, 1.82) is 0 Å². The van der Waals surface area contributed by atoms with Crippen LogP contribution in [0.3, 0.4) is 0 Å². The Labute approximate surface area is 521 Å². The molecule has 21 heteroatoms. The van der Waals surface area contributed by atoms with E-state index in [0.717, 1.165) is 97.3 Å². The average molecular weight is 1220 g/mol. The second-order valence-electron chi connectivity index (χ2n) is 23.2. The van der Waals surface area contributed by atoms with Gasteiger partial charge in [-0.15, -0.1) is 0 Å². The van der Waals surface area contributed by atoms with Crippen LogP contribution in [-0.2, 0) is 33.6 Å². The van der Waals surface area contributed by atoms with Gasteiger partial charge in [0, 0.05) is 112 Å². The van der Waals surface area contributed by atoms with Gasteiger partial charge in [-0.1, -0.05) is 44.5 Å². The zero-order valence-electron chi connectivity index (χ0n) is 52.4. The second-order valence-corrected chi connectivity index (χ2v) is 23.2. The Kier molecular flexibility index (Phi) is 23.5. The van der Waals surface area contributed by atoms with Crippen LogP contribution in [0.4, 0.5) is 22.7 Å². The predicted molar refractivity (Wildman–Crippen MR) is 345 cm³/mol. The highest BCUT2D eigenvalue weighted by Gasteiger charge is 2.30. The van der Waals surface area contributed by atoms with E-state index >= 15 is 0 Å². The fraction of sp³-hybridized carbons (Fsp3) is 0.426. The number of amides is 7. The monoisotopic (exact) mass is 1220 g/mol. The van der Waals surface area contributed by atoms with Gasteiger partial charge >= 0.3 is 0 Å². The third-order valence-electron chi connectivity index (χ3n) is 16.3. The number of piperazine rings is 1. The van der Waals surface area contributed by atoms with Gasteiger partial charge in [0.25, 0.3) is 11.8 Å². The van der Waals surface area contributed by atoms with Crippen molar-refractivity contribution >= 4 is 88.7 Å². The quantitative estimate of drug-likeness (QED) is 0.0185. The second kappa shape index (κ2) is 31.7. The van der Waals surface area contributed by atoms with Crippen LogP contribution in [0.2, 0.25) is 0 Å². The molecule has 21 nitrogen and oxygen atoms in total. The van der Waals surface area contributed by atoms with Crippen molar-refractivity contribution in [2.75, 3.05) is 77.4 Å². The molecule has 1 fully saturated rings. The first-order chi connectivity index (χ1) is 42.9. The number of aliphatic imine (C=N–C) groups is 2. The van der Waals surface area contributed by atoms with E-state index in [-0.39, 0.29) is 42.6 Å². The Morgan fingerprint density at radius 3 is 1.73 bits per heavy atom. The molecule has 7 amide bonds. The largest absolute Gasteiger partial charge is 0.493 e. The number of imide groups is 1. The Morgan fingerprint density at radius 2 is 1.19 bits per heavy atom. The number of likely N-dealkylation sites (N-methyl/N-ethyl adjacent to an activating group) is 1. The van der Waals surface area contributed by atoms with Crippen molar-refractivity contribution in [3.63, 3.8) is 0 Å². The van der Waals surface area contributed by atoms with Crippen LogP contribution in [0.1, 0.15) is 101 Å². The van der Waals surface area contributed by atoms with Crippen molar-refractivity contribution in [2.24, 2.45) is 15.9 Å². The number of carbonyl (C=O) groups excluding carboxylic acids is 7. The smallest absolute Gasteiger partial charge is 0.253 e. The third-order valence-corrected chi connectivity index (χ3v) is 16.3. The maximum atomic E-state index is 13.4. The molecule has 4 aliphatic rings. The molecule has 4 atom stereocenters. The fourth-order valence-electron chi connectivity index (χ4n) is 10.9. The first kappa shape index (κ1) is 65.9. The topological polar surface area (TPSA) is 233 Å². The zero-order valence-corrected chi connectivity index (χ0v) is 52.4. The molecular formula is C68H84N10O11. The van der Waals surface area contributed by atoms with Gasteiger partial charge < -0.3 is 54.5 Å². The summed E-state index contributed by atoms with van der Waals surface area (Å²) in [6, 6.07) is 20.9. The maximum Gasteiger partial charge on any atom is 0.253 e. The number of anilines is 2. The lowest BCUT2D eigenvalue weighted by molar-refractivity contribution is -0.137. The van der Waals surface area contributed by atoms with E-state index in [1.807, 2.05) is 56.6 Å². The molecule has 0 spiro atoms. The molecule has 4 aliphatic heterocycles. The Morgan fingerprint density at radius 1 is 0.640 bits per heavy atom. The molecule has 8 rings (SSSR count). The van der Waals surface area contributed by atoms with Crippen LogP contribution >= 0.6 is 0 Å². The van der Waals surface area contributed by atoms with Gasteiger partial charge in [0.15, 0.2) is 23.0 Å². The highest BCUT2D eigenvalue weighted by Crippen LogP contribution is 2.38. The number of unbranched alkanes of at least 4 members (excludes halogenated alkanes) is 4. The summed E-state index contributed by atoms with van der Waals surface area (Å²) in [6.45, 7) is 14.3. The number of rotatable bonds is 31. The van der Waals surface area contributed by atoms with Crippen LogP contribution in [0, 0.1) is 19.8 Å². The van der Waals surface area contributed by atoms with Gasteiger partial charge in [0.2, 0.25) is 30.5 Å². The molecule has 4 heterocycles. The molecule has 0 radical (unpaired) electrons. The molecule has 0 aliphatic carbocycles. The molecule has 3 unspecified atom stereocenters. The number of methoxy groups -OCH3 is 2. The molecule has 89 heavy (non-hydrogen) atoms. The first-order valence-electron chi connectivity index (χ1n) is 30.6. The molecule has 3 N–H and O–H groups in total. The minimum absolute atomic E-state index is 0.159. The van der Waals surface area contributed by atoms with E-state index < -0.39 is 29.9 Å². The average Bonchev–Trinajstić information content (AvgIpc) is 4.24. The number of ether oxygens (including phenoxy) is 4. The summed E-state index contributed by atoms with van der Waals surface area (Å²) < 4.78 is 23.9. The van der Waals surface area contributed by atoms with E-state index in [1.165, 1.54) is 22.7 Å². The summed E-state index contributed by atoms with van der Waals surface area (Å²) in [7, 11) is 5.36. The van der Waals surface area contributed by atoms with Gasteiger partial charge in [-0.3, -0.25) is 48.4 Å².